The fraction of sp³-hybridized carbons (Fsp3) is 0.917. The molecule has 0 aromatic rings. The summed E-state index contributed by atoms with van der Waals surface area (Å²) >= 11 is 1.62. The van der Waals surface area contributed by atoms with Crippen LogP contribution in [0.15, 0.2) is 0 Å². The van der Waals surface area contributed by atoms with Crippen molar-refractivity contribution in [3.63, 3.8) is 0 Å². The Balaban J connectivity index is 4.57. The van der Waals surface area contributed by atoms with E-state index in [2.05, 4.69) is 20.8 Å². The maximum Gasteiger partial charge on any atom is 0.319 e. The highest BCUT2D eigenvalue weighted by Gasteiger charge is 2.37. The van der Waals surface area contributed by atoms with Crippen LogP contribution in [-0.2, 0) is 4.79 Å². The third kappa shape index (κ3) is 4.45. The molecule has 2 unspecified atom stereocenters. The van der Waals surface area contributed by atoms with Crippen LogP contribution in [0.2, 0.25) is 0 Å². The predicted molar refractivity (Wildman–Crippen MR) is 67.5 cm³/mol. The molecule has 0 aliphatic rings. The number of thioether (sulfide) groups is 1. The number of hydrogen-bond acceptors (Lipinski definition) is 2. The number of hydrogen-bond donors (Lipinski definition) is 1. The van der Waals surface area contributed by atoms with Gasteiger partial charge >= 0.3 is 5.97 Å². The van der Waals surface area contributed by atoms with Crippen molar-refractivity contribution in [1.29, 1.82) is 0 Å². The summed E-state index contributed by atoms with van der Waals surface area (Å²) < 4.78 is -0.550. The molecule has 0 radical (unpaired) electrons. The molecule has 90 valence electrons. The van der Waals surface area contributed by atoms with Crippen molar-refractivity contribution in [2.45, 2.75) is 58.1 Å². The van der Waals surface area contributed by atoms with Gasteiger partial charge in [0, 0.05) is 0 Å². The van der Waals surface area contributed by atoms with Crippen molar-refractivity contribution < 1.29 is 9.90 Å². The van der Waals surface area contributed by atoms with Gasteiger partial charge in [0.1, 0.15) is 4.75 Å². The molecule has 0 saturated heterocycles. The maximum atomic E-state index is 11.4. The Bertz CT molecular complexity index is 194. The van der Waals surface area contributed by atoms with Crippen LogP contribution in [0.4, 0.5) is 0 Å². The van der Waals surface area contributed by atoms with Gasteiger partial charge < -0.3 is 5.11 Å². The average Bonchev–Trinajstić information content (AvgIpc) is 2.23. The molecule has 0 aliphatic heterocycles. The van der Waals surface area contributed by atoms with E-state index >= 15 is 0 Å². The average molecular weight is 232 g/mol. The Labute approximate surface area is 97.8 Å². The predicted octanol–water partition coefficient (Wildman–Crippen LogP) is 3.80. The van der Waals surface area contributed by atoms with Gasteiger partial charge in [-0.15, -0.1) is 11.8 Å². The first-order valence-corrected chi connectivity index (χ1v) is 6.88. The quantitative estimate of drug-likeness (QED) is 0.691. The van der Waals surface area contributed by atoms with Crippen LogP contribution >= 0.6 is 11.8 Å². The summed E-state index contributed by atoms with van der Waals surface area (Å²) in [7, 11) is 0. The van der Waals surface area contributed by atoms with Crippen LogP contribution < -0.4 is 0 Å². The molecule has 0 heterocycles. The van der Waals surface area contributed by atoms with Crippen LogP contribution in [-0.4, -0.2) is 21.6 Å². The van der Waals surface area contributed by atoms with Gasteiger partial charge in [-0.05, 0) is 30.9 Å². The first kappa shape index (κ1) is 14.8. The topological polar surface area (TPSA) is 37.3 Å². The fourth-order valence-corrected chi connectivity index (χ4v) is 2.94. The Hall–Kier alpha value is -0.180. The lowest BCUT2D eigenvalue weighted by molar-refractivity contribution is -0.140. The summed E-state index contributed by atoms with van der Waals surface area (Å²) in [5.41, 5.74) is 0. The molecule has 1 N–H and O–H groups in total. The highest BCUT2D eigenvalue weighted by molar-refractivity contribution is 8.01. The van der Waals surface area contributed by atoms with E-state index in [1.165, 1.54) is 0 Å². The molecule has 0 saturated carbocycles. The van der Waals surface area contributed by atoms with Crippen LogP contribution in [0.25, 0.3) is 0 Å². The second kappa shape index (κ2) is 7.15. The minimum Gasteiger partial charge on any atom is -0.480 e. The van der Waals surface area contributed by atoms with E-state index in [0.717, 1.165) is 31.4 Å². The molecule has 0 spiro atoms. The smallest absolute Gasteiger partial charge is 0.319 e. The first-order chi connectivity index (χ1) is 7.02. The Morgan fingerprint density at radius 3 is 2.33 bits per heavy atom. The number of rotatable bonds is 8. The SMILES string of the molecule is CCCSC(CC)(CC(C)CC)C(=O)O. The summed E-state index contributed by atoms with van der Waals surface area (Å²) in [4.78, 5) is 11.4. The van der Waals surface area contributed by atoms with Gasteiger partial charge in [0.25, 0.3) is 0 Å². The summed E-state index contributed by atoms with van der Waals surface area (Å²) in [5, 5.41) is 9.37. The van der Waals surface area contributed by atoms with Crippen LogP contribution in [0.3, 0.4) is 0 Å². The van der Waals surface area contributed by atoms with Crippen LogP contribution in [0.5, 0.6) is 0 Å². The normalized spacial score (nSPS) is 17.1. The third-order valence-electron chi connectivity index (χ3n) is 2.92. The zero-order valence-electron chi connectivity index (χ0n) is 10.4. The van der Waals surface area contributed by atoms with Gasteiger partial charge in [-0.2, -0.15) is 0 Å². The fourth-order valence-electron chi connectivity index (χ4n) is 1.61. The van der Waals surface area contributed by atoms with E-state index in [-0.39, 0.29) is 0 Å². The van der Waals surface area contributed by atoms with Gasteiger partial charge in [-0.1, -0.05) is 34.1 Å². The second-order valence-electron chi connectivity index (χ2n) is 4.22. The molecule has 0 aliphatic carbocycles. The van der Waals surface area contributed by atoms with Crippen molar-refractivity contribution in [2.24, 2.45) is 5.92 Å². The Morgan fingerprint density at radius 1 is 1.40 bits per heavy atom. The van der Waals surface area contributed by atoms with Crippen molar-refractivity contribution in [3.05, 3.63) is 0 Å². The van der Waals surface area contributed by atoms with Gasteiger partial charge in [0.05, 0.1) is 0 Å². The molecule has 0 fully saturated rings. The van der Waals surface area contributed by atoms with Crippen LogP contribution in [0, 0.1) is 5.92 Å². The van der Waals surface area contributed by atoms with Crippen molar-refractivity contribution in [2.75, 3.05) is 5.75 Å². The number of aliphatic carboxylic acids is 1. The zero-order chi connectivity index (χ0) is 11.9. The lowest BCUT2D eigenvalue weighted by atomic mass is 9.91. The van der Waals surface area contributed by atoms with Crippen molar-refractivity contribution in [3.8, 4) is 0 Å². The summed E-state index contributed by atoms with van der Waals surface area (Å²) in [6.45, 7) is 8.34. The molecule has 3 heteroatoms. The zero-order valence-corrected chi connectivity index (χ0v) is 11.2. The lowest BCUT2D eigenvalue weighted by Crippen LogP contribution is -2.36. The van der Waals surface area contributed by atoms with E-state index in [1.54, 1.807) is 11.8 Å². The van der Waals surface area contributed by atoms with Gasteiger partial charge in [-0.25, -0.2) is 0 Å². The Kier molecular flexibility index (Phi) is 7.07. The number of carbonyl (C=O) groups is 1. The molecular formula is C12H24O2S. The minimum absolute atomic E-state index is 0.491. The molecule has 0 bridgehead atoms. The Morgan fingerprint density at radius 2 is 2.00 bits per heavy atom. The number of carboxylic acids is 1. The second-order valence-corrected chi connectivity index (χ2v) is 5.70. The van der Waals surface area contributed by atoms with Crippen molar-refractivity contribution in [1.82, 2.24) is 0 Å². The van der Waals surface area contributed by atoms with Gasteiger partial charge in [-0.3, -0.25) is 4.79 Å². The largest absolute Gasteiger partial charge is 0.480 e. The van der Waals surface area contributed by atoms with E-state index in [1.807, 2.05) is 6.92 Å². The lowest BCUT2D eigenvalue weighted by Gasteiger charge is -2.30. The first-order valence-electron chi connectivity index (χ1n) is 5.89. The van der Waals surface area contributed by atoms with Gasteiger partial charge in [0.2, 0.25) is 0 Å². The standard InChI is InChI=1S/C12H24O2S/c1-5-8-15-12(7-3,11(13)14)9-10(4)6-2/h10H,5-9H2,1-4H3,(H,13,14). The molecule has 15 heavy (non-hydrogen) atoms. The summed E-state index contributed by atoms with van der Waals surface area (Å²) in [6.07, 6.45) is 3.61. The number of carboxylic acid groups (broad SMARTS) is 1. The van der Waals surface area contributed by atoms with Gasteiger partial charge in [0.15, 0.2) is 0 Å². The van der Waals surface area contributed by atoms with Crippen molar-refractivity contribution >= 4 is 17.7 Å². The molecule has 0 aromatic carbocycles. The van der Waals surface area contributed by atoms with E-state index in [9.17, 15) is 9.90 Å². The molecule has 0 rings (SSSR count). The van der Waals surface area contributed by atoms with Crippen LogP contribution in [0.1, 0.15) is 53.4 Å². The molecule has 2 nitrogen and oxygen atoms in total. The summed E-state index contributed by atoms with van der Waals surface area (Å²) in [6, 6.07) is 0. The monoisotopic (exact) mass is 232 g/mol. The van der Waals surface area contributed by atoms with E-state index in [0.29, 0.717) is 5.92 Å². The molecule has 0 amide bonds. The molecule has 0 aromatic heterocycles. The van der Waals surface area contributed by atoms with E-state index < -0.39 is 10.7 Å². The van der Waals surface area contributed by atoms with E-state index in [4.69, 9.17) is 0 Å². The summed E-state index contributed by atoms with van der Waals surface area (Å²) in [5.74, 6) is 0.797. The molecular weight excluding hydrogens is 208 g/mol. The minimum atomic E-state index is -0.635. The third-order valence-corrected chi connectivity index (χ3v) is 4.71. The highest BCUT2D eigenvalue weighted by Crippen LogP contribution is 2.37. The molecule has 2 atom stereocenters. The maximum absolute atomic E-state index is 11.4. The highest BCUT2D eigenvalue weighted by atomic mass is 32.2.